The maximum absolute atomic E-state index is 14.0. The Balaban J connectivity index is 1.56. The number of carbonyl (C=O) groups is 2. The van der Waals surface area contributed by atoms with Crippen LogP contribution in [0.1, 0.15) is 27.7 Å². The van der Waals surface area contributed by atoms with Crippen molar-refractivity contribution >= 4 is 38.7 Å². The van der Waals surface area contributed by atoms with E-state index in [0.29, 0.717) is 45.8 Å². The summed E-state index contributed by atoms with van der Waals surface area (Å²) in [4.78, 5) is 38.7. The zero-order chi connectivity index (χ0) is 23.1. The highest BCUT2D eigenvalue weighted by atomic mass is 32.1. The van der Waals surface area contributed by atoms with Gasteiger partial charge in [0.05, 0.1) is 10.2 Å². The first-order valence-corrected chi connectivity index (χ1v) is 12.1. The number of amides is 2. The van der Waals surface area contributed by atoms with Crippen molar-refractivity contribution in [1.82, 2.24) is 19.7 Å². The van der Waals surface area contributed by atoms with Gasteiger partial charge in [0.25, 0.3) is 5.91 Å². The van der Waals surface area contributed by atoms with Crippen molar-refractivity contribution in [3.8, 4) is 0 Å². The topological polar surface area (TPSA) is 80.2 Å². The summed E-state index contributed by atoms with van der Waals surface area (Å²) in [6, 6.07) is 8.11. The molecule has 2 amide bonds. The minimum absolute atomic E-state index is 0.0745. The zero-order valence-electron chi connectivity index (χ0n) is 19.4. The highest BCUT2D eigenvalue weighted by Crippen LogP contribution is 2.41. The van der Waals surface area contributed by atoms with E-state index in [-0.39, 0.29) is 5.91 Å². The molecule has 4 rings (SSSR count). The molecule has 0 unspecified atom stereocenters. The van der Waals surface area contributed by atoms with Crippen LogP contribution >= 0.6 is 11.3 Å². The quantitative estimate of drug-likeness (QED) is 0.760. The molecule has 2 aromatic rings. The van der Waals surface area contributed by atoms with Crippen LogP contribution in [0.3, 0.4) is 0 Å². The lowest BCUT2D eigenvalue weighted by Gasteiger charge is -2.56. The van der Waals surface area contributed by atoms with Gasteiger partial charge in [-0.2, -0.15) is 0 Å². The highest BCUT2D eigenvalue weighted by molar-refractivity contribution is 7.22. The maximum atomic E-state index is 14.0. The second kappa shape index (κ2) is 8.51. The minimum Gasteiger partial charge on any atom is -0.465 e. The summed E-state index contributed by atoms with van der Waals surface area (Å²) in [5.74, 6) is -0.0745. The number of fused-ring (bicyclic) bond motifs is 1. The number of carbonyl (C=O) groups excluding carboxylic acids is 1. The van der Waals surface area contributed by atoms with Crippen LogP contribution in [0.15, 0.2) is 24.3 Å². The summed E-state index contributed by atoms with van der Waals surface area (Å²) in [5.41, 5.74) is -0.650. The predicted molar refractivity (Wildman–Crippen MR) is 127 cm³/mol. The number of hydrogen-bond acceptors (Lipinski definition) is 6. The van der Waals surface area contributed by atoms with E-state index in [1.54, 1.807) is 11.3 Å². The molecule has 0 saturated carbocycles. The van der Waals surface area contributed by atoms with Crippen molar-refractivity contribution in [2.45, 2.75) is 33.2 Å². The van der Waals surface area contributed by atoms with E-state index in [1.165, 1.54) is 4.90 Å². The average Bonchev–Trinajstić information content (AvgIpc) is 3.21. The molecule has 2 fully saturated rings. The number of aromatic nitrogens is 1. The Labute approximate surface area is 193 Å². The lowest BCUT2D eigenvalue weighted by atomic mass is 9.69. The Morgan fingerprint density at radius 1 is 1.09 bits per heavy atom. The monoisotopic (exact) mass is 459 g/mol. The smallest absolute Gasteiger partial charge is 0.408 e. The average molecular weight is 460 g/mol. The number of nitrogens with zero attached hydrogens (tertiary/aromatic N) is 5. The van der Waals surface area contributed by atoms with Gasteiger partial charge in [-0.15, -0.1) is 0 Å². The largest absolute Gasteiger partial charge is 0.465 e. The van der Waals surface area contributed by atoms with Gasteiger partial charge in [0, 0.05) is 45.8 Å². The van der Waals surface area contributed by atoms with Gasteiger partial charge in [-0.05, 0) is 24.1 Å². The van der Waals surface area contributed by atoms with E-state index in [0.717, 1.165) is 21.9 Å². The lowest BCUT2D eigenvalue weighted by molar-refractivity contribution is -0.158. The highest BCUT2D eigenvalue weighted by Gasteiger charge is 2.58. The summed E-state index contributed by atoms with van der Waals surface area (Å²) < 4.78 is 1.16. The zero-order valence-corrected chi connectivity index (χ0v) is 20.2. The second-order valence-electron chi connectivity index (χ2n) is 9.66. The Morgan fingerprint density at radius 3 is 2.38 bits per heavy atom. The van der Waals surface area contributed by atoms with Gasteiger partial charge in [0.1, 0.15) is 5.54 Å². The third-order valence-corrected chi connectivity index (χ3v) is 8.04. The SMILES string of the molecule is CCN1CCN(C(=O)O)[C@](C(=O)N2CCN(c3nc4ccccc4s3)CC2)(C(C)(C)C)C1. The summed E-state index contributed by atoms with van der Waals surface area (Å²) in [6.07, 6.45) is -1.02. The molecule has 3 heterocycles. The molecule has 32 heavy (non-hydrogen) atoms. The molecule has 1 N–H and O–H groups in total. The second-order valence-corrected chi connectivity index (χ2v) is 10.7. The molecule has 2 aliphatic rings. The molecule has 0 aliphatic carbocycles. The van der Waals surface area contributed by atoms with Gasteiger partial charge in [-0.1, -0.05) is 51.2 Å². The van der Waals surface area contributed by atoms with Crippen molar-refractivity contribution in [3.05, 3.63) is 24.3 Å². The molecule has 9 heteroatoms. The van der Waals surface area contributed by atoms with E-state index in [4.69, 9.17) is 4.98 Å². The van der Waals surface area contributed by atoms with Gasteiger partial charge < -0.3 is 14.9 Å². The normalized spacial score (nSPS) is 23.1. The Morgan fingerprint density at radius 2 is 1.78 bits per heavy atom. The van der Waals surface area contributed by atoms with Crippen LogP contribution in [-0.4, -0.2) is 94.7 Å². The lowest BCUT2D eigenvalue weighted by Crippen LogP contribution is -2.75. The van der Waals surface area contributed by atoms with E-state index in [1.807, 2.05) is 43.9 Å². The maximum Gasteiger partial charge on any atom is 0.408 e. The number of benzene rings is 1. The molecular formula is C23H33N5O3S. The fourth-order valence-corrected chi connectivity index (χ4v) is 5.97. The van der Waals surface area contributed by atoms with Crippen LogP contribution in [0.2, 0.25) is 0 Å². The number of rotatable bonds is 3. The summed E-state index contributed by atoms with van der Waals surface area (Å²) in [7, 11) is 0. The van der Waals surface area contributed by atoms with Crippen LogP contribution in [0.4, 0.5) is 9.93 Å². The van der Waals surface area contributed by atoms with Crippen LogP contribution in [0.5, 0.6) is 0 Å². The third-order valence-electron chi connectivity index (χ3n) is 6.95. The Bertz CT molecular complexity index is 962. The standard InChI is InChI=1S/C23H33N5O3S/c1-5-25-10-15-28(21(30)31)23(16-25,22(2,3)4)19(29)26-11-13-27(14-12-26)20-24-17-8-6-7-9-18(17)32-20/h6-9H,5,10-16H2,1-4H3,(H,30,31)/t23-/m1/s1. The van der Waals surface area contributed by atoms with Gasteiger partial charge in [-0.25, -0.2) is 9.78 Å². The van der Waals surface area contributed by atoms with Gasteiger partial charge >= 0.3 is 6.09 Å². The first kappa shape index (κ1) is 22.8. The number of thiazole rings is 1. The number of carboxylic acid groups (broad SMARTS) is 1. The predicted octanol–water partition coefficient (Wildman–Crippen LogP) is 3.05. The van der Waals surface area contributed by atoms with E-state index in [2.05, 4.69) is 22.8 Å². The molecule has 0 bridgehead atoms. The van der Waals surface area contributed by atoms with Crippen LogP contribution in [0.25, 0.3) is 10.2 Å². The molecule has 2 saturated heterocycles. The van der Waals surface area contributed by atoms with Crippen LogP contribution in [-0.2, 0) is 4.79 Å². The summed E-state index contributed by atoms with van der Waals surface area (Å²) in [6.45, 7) is 12.7. The van der Waals surface area contributed by atoms with Crippen LogP contribution < -0.4 is 4.90 Å². The number of hydrogen-bond donors (Lipinski definition) is 1. The minimum atomic E-state index is -1.11. The molecule has 1 aromatic carbocycles. The van der Waals surface area contributed by atoms with Crippen LogP contribution in [0, 0.1) is 5.41 Å². The number of anilines is 1. The molecule has 0 spiro atoms. The Kier molecular flexibility index (Phi) is 6.06. The van der Waals surface area contributed by atoms with Crippen molar-refractivity contribution in [3.63, 3.8) is 0 Å². The molecule has 1 atom stereocenters. The Hall–Kier alpha value is -2.39. The van der Waals surface area contributed by atoms with Crippen molar-refractivity contribution < 1.29 is 14.7 Å². The number of para-hydroxylation sites is 1. The first-order chi connectivity index (χ1) is 15.2. The first-order valence-electron chi connectivity index (χ1n) is 11.3. The molecule has 174 valence electrons. The fourth-order valence-electron chi connectivity index (χ4n) is 4.95. The van der Waals surface area contributed by atoms with E-state index in [9.17, 15) is 14.7 Å². The van der Waals surface area contributed by atoms with Crippen molar-refractivity contribution in [2.24, 2.45) is 5.41 Å². The summed E-state index contributed by atoms with van der Waals surface area (Å²) in [5, 5.41) is 11.0. The molecule has 0 radical (unpaired) electrons. The number of likely N-dealkylation sites (N-methyl/N-ethyl adjacent to an activating group) is 1. The number of piperazine rings is 2. The molecule has 1 aromatic heterocycles. The fraction of sp³-hybridized carbons (Fsp3) is 0.609. The van der Waals surface area contributed by atoms with E-state index >= 15 is 0 Å². The van der Waals surface area contributed by atoms with Crippen molar-refractivity contribution in [2.75, 3.05) is 57.3 Å². The molecule has 2 aliphatic heterocycles. The van der Waals surface area contributed by atoms with Crippen molar-refractivity contribution in [1.29, 1.82) is 0 Å². The van der Waals surface area contributed by atoms with Gasteiger partial charge in [-0.3, -0.25) is 14.6 Å². The van der Waals surface area contributed by atoms with Gasteiger partial charge in [0.2, 0.25) is 0 Å². The summed E-state index contributed by atoms with van der Waals surface area (Å²) >= 11 is 1.67. The molecule has 8 nitrogen and oxygen atoms in total. The third kappa shape index (κ3) is 3.81. The van der Waals surface area contributed by atoms with E-state index < -0.39 is 17.0 Å². The van der Waals surface area contributed by atoms with Gasteiger partial charge in [0.15, 0.2) is 5.13 Å². The molecular weight excluding hydrogens is 426 g/mol.